The predicted octanol–water partition coefficient (Wildman–Crippen LogP) is 4.00. The second-order valence-corrected chi connectivity index (χ2v) is 5.20. The molecule has 0 aromatic heterocycles. The molecular formula is C15H20F3NO. The first-order valence-electron chi connectivity index (χ1n) is 7.10. The van der Waals surface area contributed by atoms with E-state index in [1.54, 1.807) is 6.07 Å². The van der Waals surface area contributed by atoms with Crippen molar-refractivity contribution in [1.82, 2.24) is 4.90 Å². The summed E-state index contributed by atoms with van der Waals surface area (Å²) in [7, 11) is 0. The van der Waals surface area contributed by atoms with E-state index in [0.29, 0.717) is 0 Å². The van der Waals surface area contributed by atoms with Crippen molar-refractivity contribution in [1.29, 1.82) is 0 Å². The molecule has 0 N–H and O–H groups in total. The SMILES string of the molecule is FC(F)(F)Oc1cccc(CCCN2CCCCC2)c1. The van der Waals surface area contributed by atoms with Crippen LogP contribution in [0.2, 0.25) is 0 Å². The van der Waals surface area contributed by atoms with Gasteiger partial charge in [-0.1, -0.05) is 18.6 Å². The lowest BCUT2D eigenvalue weighted by Gasteiger charge is -2.26. The van der Waals surface area contributed by atoms with Crippen LogP contribution in [0.1, 0.15) is 31.2 Å². The van der Waals surface area contributed by atoms with Crippen LogP contribution in [0, 0.1) is 0 Å². The summed E-state index contributed by atoms with van der Waals surface area (Å²) in [4.78, 5) is 2.43. The van der Waals surface area contributed by atoms with Crippen molar-refractivity contribution in [2.24, 2.45) is 0 Å². The minimum atomic E-state index is -4.62. The van der Waals surface area contributed by atoms with Crippen LogP contribution in [-0.4, -0.2) is 30.9 Å². The highest BCUT2D eigenvalue weighted by molar-refractivity contribution is 5.28. The standard InChI is InChI=1S/C15H20F3NO/c16-15(17,18)20-14-8-4-6-13(12-14)7-5-11-19-9-2-1-3-10-19/h4,6,8,12H,1-3,5,7,9-11H2. The van der Waals surface area contributed by atoms with E-state index in [4.69, 9.17) is 0 Å². The average Bonchev–Trinajstić information content (AvgIpc) is 2.38. The lowest BCUT2D eigenvalue weighted by molar-refractivity contribution is -0.274. The Morgan fingerprint density at radius 2 is 1.85 bits per heavy atom. The van der Waals surface area contributed by atoms with Crippen molar-refractivity contribution in [2.45, 2.75) is 38.5 Å². The fourth-order valence-electron chi connectivity index (χ4n) is 2.59. The molecule has 0 radical (unpaired) electrons. The molecule has 0 amide bonds. The first-order chi connectivity index (χ1) is 9.53. The van der Waals surface area contributed by atoms with Gasteiger partial charge in [0.05, 0.1) is 0 Å². The van der Waals surface area contributed by atoms with Gasteiger partial charge in [0.2, 0.25) is 0 Å². The molecule has 0 spiro atoms. The van der Waals surface area contributed by atoms with Gasteiger partial charge in [-0.25, -0.2) is 0 Å². The van der Waals surface area contributed by atoms with Gasteiger partial charge in [0.25, 0.3) is 0 Å². The molecule has 0 atom stereocenters. The Morgan fingerprint density at radius 1 is 1.10 bits per heavy atom. The van der Waals surface area contributed by atoms with E-state index < -0.39 is 6.36 Å². The molecule has 112 valence electrons. The number of hydrogen-bond acceptors (Lipinski definition) is 2. The molecule has 5 heteroatoms. The maximum absolute atomic E-state index is 12.1. The van der Waals surface area contributed by atoms with Crippen molar-refractivity contribution in [3.63, 3.8) is 0 Å². The number of hydrogen-bond donors (Lipinski definition) is 0. The summed E-state index contributed by atoms with van der Waals surface area (Å²) in [6.07, 6.45) is 0.963. The number of benzene rings is 1. The van der Waals surface area contributed by atoms with Gasteiger partial charge in [0.15, 0.2) is 0 Å². The number of likely N-dealkylation sites (tertiary alicyclic amines) is 1. The van der Waals surface area contributed by atoms with Gasteiger partial charge in [0.1, 0.15) is 5.75 Å². The number of aryl methyl sites for hydroxylation is 1. The summed E-state index contributed by atoms with van der Waals surface area (Å²) < 4.78 is 40.3. The molecule has 0 saturated carbocycles. The average molecular weight is 287 g/mol. The van der Waals surface area contributed by atoms with Crippen LogP contribution in [0.15, 0.2) is 24.3 Å². The molecule has 20 heavy (non-hydrogen) atoms. The van der Waals surface area contributed by atoms with E-state index in [1.807, 2.05) is 6.07 Å². The highest BCUT2D eigenvalue weighted by Crippen LogP contribution is 2.23. The summed E-state index contributed by atoms with van der Waals surface area (Å²) >= 11 is 0. The third-order valence-electron chi connectivity index (χ3n) is 3.52. The second kappa shape index (κ2) is 6.97. The highest BCUT2D eigenvalue weighted by Gasteiger charge is 2.31. The van der Waals surface area contributed by atoms with E-state index in [-0.39, 0.29) is 5.75 Å². The summed E-state index contributed by atoms with van der Waals surface area (Å²) in [5, 5.41) is 0. The smallest absolute Gasteiger partial charge is 0.406 e. The molecule has 0 bridgehead atoms. The molecule has 1 aromatic carbocycles. The monoisotopic (exact) mass is 287 g/mol. The number of alkyl halides is 3. The molecule has 1 aromatic rings. The summed E-state index contributed by atoms with van der Waals surface area (Å²) in [6, 6.07) is 6.27. The first-order valence-corrected chi connectivity index (χ1v) is 7.10. The third-order valence-corrected chi connectivity index (χ3v) is 3.52. The molecule has 1 fully saturated rings. The molecule has 0 unspecified atom stereocenters. The Hall–Kier alpha value is -1.23. The fraction of sp³-hybridized carbons (Fsp3) is 0.600. The van der Waals surface area contributed by atoms with Crippen molar-refractivity contribution in [3.8, 4) is 5.75 Å². The lowest BCUT2D eigenvalue weighted by atomic mass is 10.1. The van der Waals surface area contributed by atoms with Crippen LogP contribution < -0.4 is 4.74 Å². The largest absolute Gasteiger partial charge is 0.573 e. The van der Waals surface area contributed by atoms with Crippen LogP contribution in [0.3, 0.4) is 0 Å². The van der Waals surface area contributed by atoms with Gasteiger partial charge >= 0.3 is 6.36 Å². The number of rotatable bonds is 5. The van der Waals surface area contributed by atoms with Crippen LogP contribution in [0.5, 0.6) is 5.75 Å². The quantitative estimate of drug-likeness (QED) is 0.811. The molecule has 0 aliphatic carbocycles. The van der Waals surface area contributed by atoms with Crippen molar-refractivity contribution in [2.75, 3.05) is 19.6 Å². The van der Waals surface area contributed by atoms with E-state index in [2.05, 4.69) is 9.64 Å². The van der Waals surface area contributed by atoms with Crippen molar-refractivity contribution in [3.05, 3.63) is 29.8 Å². The highest BCUT2D eigenvalue weighted by atomic mass is 19.4. The Bertz CT molecular complexity index is 414. The Labute approximate surface area is 117 Å². The molecule has 1 aliphatic rings. The van der Waals surface area contributed by atoms with Crippen molar-refractivity contribution < 1.29 is 17.9 Å². The predicted molar refractivity (Wildman–Crippen MR) is 71.7 cm³/mol. The van der Waals surface area contributed by atoms with Crippen LogP contribution >= 0.6 is 0 Å². The van der Waals surface area contributed by atoms with Crippen molar-refractivity contribution >= 4 is 0 Å². The number of ether oxygens (including phenoxy) is 1. The Morgan fingerprint density at radius 3 is 2.55 bits per heavy atom. The van der Waals surface area contributed by atoms with E-state index in [0.717, 1.165) is 38.0 Å². The Kier molecular flexibility index (Phi) is 5.29. The van der Waals surface area contributed by atoms with Gasteiger partial charge in [-0.05, 0) is 63.0 Å². The summed E-state index contributed by atoms with van der Waals surface area (Å²) in [6.45, 7) is 3.32. The molecule has 1 heterocycles. The van der Waals surface area contributed by atoms with E-state index in [1.165, 1.54) is 31.4 Å². The first kappa shape index (κ1) is 15.2. The van der Waals surface area contributed by atoms with Crippen LogP contribution in [0.4, 0.5) is 13.2 Å². The maximum Gasteiger partial charge on any atom is 0.573 e. The number of piperidine rings is 1. The molecule has 2 nitrogen and oxygen atoms in total. The molecular weight excluding hydrogens is 267 g/mol. The number of halogens is 3. The minimum absolute atomic E-state index is 0.132. The topological polar surface area (TPSA) is 12.5 Å². The molecule has 1 aliphatic heterocycles. The maximum atomic E-state index is 12.1. The third kappa shape index (κ3) is 5.41. The van der Waals surface area contributed by atoms with Crippen LogP contribution in [-0.2, 0) is 6.42 Å². The van der Waals surface area contributed by atoms with E-state index >= 15 is 0 Å². The zero-order valence-electron chi connectivity index (χ0n) is 11.5. The van der Waals surface area contributed by atoms with Gasteiger partial charge in [-0.15, -0.1) is 13.2 Å². The van der Waals surface area contributed by atoms with Crippen LogP contribution in [0.25, 0.3) is 0 Å². The van der Waals surface area contributed by atoms with Gasteiger partial charge in [-0.3, -0.25) is 0 Å². The second-order valence-electron chi connectivity index (χ2n) is 5.20. The minimum Gasteiger partial charge on any atom is -0.406 e. The summed E-state index contributed by atoms with van der Waals surface area (Å²) in [5.74, 6) is -0.132. The summed E-state index contributed by atoms with van der Waals surface area (Å²) in [5.41, 5.74) is 0.892. The van der Waals surface area contributed by atoms with E-state index in [9.17, 15) is 13.2 Å². The lowest BCUT2D eigenvalue weighted by Crippen LogP contribution is -2.30. The molecule has 2 rings (SSSR count). The van der Waals surface area contributed by atoms with Gasteiger partial charge < -0.3 is 9.64 Å². The zero-order valence-corrected chi connectivity index (χ0v) is 11.5. The van der Waals surface area contributed by atoms with Gasteiger partial charge in [0, 0.05) is 0 Å². The molecule has 1 saturated heterocycles. The number of nitrogens with zero attached hydrogens (tertiary/aromatic N) is 1. The zero-order chi connectivity index (χ0) is 14.4. The normalized spacial score (nSPS) is 17.1. The van der Waals surface area contributed by atoms with Gasteiger partial charge in [-0.2, -0.15) is 0 Å². The Balaban J connectivity index is 1.79. The fourth-order valence-corrected chi connectivity index (χ4v) is 2.59.